The maximum Gasteiger partial charge on any atom is 0.260 e. The van der Waals surface area contributed by atoms with Gasteiger partial charge in [0.1, 0.15) is 0 Å². The Morgan fingerprint density at radius 2 is 2.10 bits per heavy atom. The molecule has 1 aliphatic rings. The Hall–Kier alpha value is -1.64. The maximum absolute atomic E-state index is 13.6. The van der Waals surface area contributed by atoms with Gasteiger partial charge in [-0.25, -0.2) is 4.98 Å². The molecule has 3 aromatic rings. The van der Waals surface area contributed by atoms with Gasteiger partial charge in [-0.2, -0.15) is 0 Å². The summed E-state index contributed by atoms with van der Waals surface area (Å²) >= 11 is 9.51. The number of rotatable bonds is 7. The number of benzene rings is 2. The van der Waals surface area contributed by atoms with Crippen LogP contribution in [0.4, 0.5) is 5.13 Å². The van der Waals surface area contributed by atoms with E-state index in [1.165, 1.54) is 11.3 Å². The fraction of sp³-hybridized carbons (Fsp3) is 0.391. The third-order valence-electron chi connectivity index (χ3n) is 5.25. The van der Waals surface area contributed by atoms with E-state index in [9.17, 15) is 4.79 Å². The maximum atomic E-state index is 13.6. The largest absolute Gasteiger partial charge is 0.379 e. The molecule has 1 saturated heterocycles. The second-order valence-electron chi connectivity index (χ2n) is 7.44. The average molecular weight is 476 g/mol. The van der Waals surface area contributed by atoms with Crippen LogP contribution in [-0.4, -0.2) is 60.9 Å². The molecule has 0 radical (unpaired) electrons. The summed E-state index contributed by atoms with van der Waals surface area (Å²) in [5.41, 5.74) is 2.62. The lowest BCUT2D eigenvalue weighted by atomic mass is 10.2. The average Bonchev–Trinajstić information content (AvgIpc) is 3.19. The lowest BCUT2D eigenvalue weighted by Gasteiger charge is -2.29. The molecule has 1 amide bonds. The second-order valence-corrected chi connectivity index (χ2v) is 10.2. The van der Waals surface area contributed by atoms with Gasteiger partial charge in [-0.15, -0.1) is 11.8 Å². The minimum absolute atomic E-state index is 0.0189. The van der Waals surface area contributed by atoms with Crippen LogP contribution < -0.4 is 4.90 Å². The smallest absolute Gasteiger partial charge is 0.260 e. The number of thioether (sulfide) groups is 1. The Bertz CT molecular complexity index is 1070. The summed E-state index contributed by atoms with van der Waals surface area (Å²) in [6.07, 6.45) is 0. The topological polar surface area (TPSA) is 45.7 Å². The van der Waals surface area contributed by atoms with Crippen molar-refractivity contribution in [1.29, 1.82) is 0 Å². The van der Waals surface area contributed by atoms with E-state index >= 15 is 0 Å². The number of nitrogens with zero attached hydrogens (tertiary/aromatic N) is 3. The number of anilines is 1. The Morgan fingerprint density at radius 1 is 1.29 bits per heavy atom. The van der Waals surface area contributed by atoms with Gasteiger partial charge < -0.3 is 4.74 Å². The summed E-state index contributed by atoms with van der Waals surface area (Å²) in [6, 6.07) is 11.7. The fourth-order valence-electron chi connectivity index (χ4n) is 3.65. The van der Waals surface area contributed by atoms with Crippen molar-refractivity contribution in [3.63, 3.8) is 0 Å². The predicted octanol–water partition coefficient (Wildman–Crippen LogP) is 5.35. The summed E-state index contributed by atoms with van der Waals surface area (Å²) in [5.74, 6) is 0.950. The van der Waals surface area contributed by atoms with E-state index in [1.54, 1.807) is 11.8 Å². The van der Waals surface area contributed by atoms with Crippen LogP contribution in [0.3, 0.4) is 0 Å². The molecule has 0 spiro atoms. The van der Waals surface area contributed by atoms with Crippen LogP contribution in [-0.2, 0) is 4.74 Å². The number of carbonyl (C=O) groups is 1. The first-order valence-electron chi connectivity index (χ1n) is 10.5. The Morgan fingerprint density at radius 3 is 2.87 bits per heavy atom. The molecule has 0 bridgehead atoms. The minimum atomic E-state index is -0.0189. The molecule has 31 heavy (non-hydrogen) atoms. The molecule has 1 fully saturated rings. The van der Waals surface area contributed by atoms with E-state index in [2.05, 4.69) is 11.8 Å². The summed E-state index contributed by atoms with van der Waals surface area (Å²) in [4.78, 5) is 23.7. The van der Waals surface area contributed by atoms with E-state index in [0.717, 1.165) is 59.3 Å². The highest BCUT2D eigenvalue weighted by molar-refractivity contribution is 7.99. The zero-order valence-corrected chi connectivity index (χ0v) is 20.2. The summed E-state index contributed by atoms with van der Waals surface area (Å²) in [5, 5.41) is 1.41. The van der Waals surface area contributed by atoms with Crippen molar-refractivity contribution < 1.29 is 9.53 Å². The van der Waals surface area contributed by atoms with Gasteiger partial charge in [-0.1, -0.05) is 35.9 Å². The van der Waals surface area contributed by atoms with Crippen LogP contribution in [0.1, 0.15) is 22.8 Å². The van der Waals surface area contributed by atoms with Crippen molar-refractivity contribution in [2.24, 2.45) is 0 Å². The van der Waals surface area contributed by atoms with E-state index in [1.807, 2.05) is 48.2 Å². The zero-order chi connectivity index (χ0) is 21.8. The van der Waals surface area contributed by atoms with Gasteiger partial charge in [0.15, 0.2) is 5.13 Å². The van der Waals surface area contributed by atoms with Crippen molar-refractivity contribution in [2.75, 3.05) is 50.0 Å². The van der Waals surface area contributed by atoms with E-state index in [4.69, 9.17) is 21.3 Å². The van der Waals surface area contributed by atoms with E-state index < -0.39 is 0 Å². The van der Waals surface area contributed by atoms with Crippen LogP contribution >= 0.6 is 34.7 Å². The normalized spacial score (nSPS) is 14.8. The third-order valence-corrected chi connectivity index (χ3v) is 7.37. The van der Waals surface area contributed by atoms with Gasteiger partial charge >= 0.3 is 0 Å². The van der Waals surface area contributed by atoms with Gasteiger partial charge in [-0.05, 0) is 48.6 Å². The number of aryl methyl sites for hydroxylation is 1. The van der Waals surface area contributed by atoms with Gasteiger partial charge in [0.05, 0.1) is 23.4 Å². The number of thiazole rings is 1. The molecule has 0 aliphatic carbocycles. The van der Waals surface area contributed by atoms with Gasteiger partial charge in [0, 0.05) is 41.7 Å². The quantitative estimate of drug-likeness (QED) is 0.431. The Kier molecular flexibility index (Phi) is 7.51. The van der Waals surface area contributed by atoms with E-state index in [-0.39, 0.29) is 5.91 Å². The molecule has 8 heteroatoms. The van der Waals surface area contributed by atoms with Gasteiger partial charge in [0.25, 0.3) is 5.91 Å². The number of hydrogen-bond donors (Lipinski definition) is 0. The molecular formula is C23H26ClN3O2S2. The molecule has 0 saturated carbocycles. The first-order valence-corrected chi connectivity index (χ1v) is 12.6. The number of fused-ring (bicyclic) bond motifs is 1. The molecule has 2 aromatic carbocycles. The molecule has 5 nitrogen and oxygen atoms in total. The fourth-order valence-corrected chi connectivity index (χ4v) is 5.81. The Balaban J connectivity index is 1.66. The van der Waals surface area contributed by atoms with Crippen LogP contribution in [0.25, 0.3) is 10.2 Å². The highest BCUT2D eigenvalue weighted by Gasteiger charge is 2.23. The van der Waals surface area contributed by atoms with Gasteiger partial charge in [0.2, 0.25) is 0 Å². The van der Waals surface area contributed by atoms with Crippen LogP contribution in [0, 0.1) is 6.92 Å². The van der Waals surface area contributed by atoms with Crippen LogP contribution in [0.15, 0.2) is 41.3 Å². The van der Waals surface area contributed by atoms with Crippen molar-refractivity contribution in [1.82, 2.24) is 9.88 Å². The van der Waals surface area contributed by atoms with Crippen molar-refractivity contribution >= 4 is 56.0 Å². The summed E-state index contributed by atoms with van der Waals surface area (Å²) in [6.45, 7) is 8.74. The summed E-state index contributed by atoms with van der Waals surface area (Å²) < 4.78 is 6.46. The highest BCUT2D eigenvalue weighted by Crippen LogP contribution is 2.34. The monoisotopic (exact) mass is 475 g/mol. The van der Waals surface area contributed by atoms with Crippen molar-refractivity contribution in [3.05, 3.63) is 52.5 Å². The molecule has 4 rings (SSSR count). The Labute approximate surface area is 196 Å². The number of halogens is 1. The van der Waals surface area contributed by atoms with E-state index in [0.29, 0.717) is 22.3 Å². The molecule has 0 atom stereocenters. The predicted molar refractivity (Wildman–Crippen MR) is 131 cm³/mol. The number of ether oxygens (including phenoxy) is 1. The lowest BCUT2D eigenvalue weighted by Crippen LogP contribution is -2.43. The van der Waals surface area contributed by atoms with Crippen LogP contribution in [0.2, 0.25) is 5.02 Å². The first-order chi connectivity index (χ1) is 15.0. The SMILES string of the molecule is CCSc1cccc(C(=O)N(CCN2CCOCC2)c2nc3c(C)cc(Cl)cc3s2)c1. The first kappa shape index (κ1) is 22.6. The molecule has 0 N–H and O–H groups in total. The minimum Gasteiger partial charge on any atom is -0.379 e. The van der Waals surface area contributed by atoms with Crippen molar-refractivity contribution in [3.8, 4) is 0 Å². The number of morpholine rings is 1. The number of aromatic nitrogens is 1. The lowest BCUT2D eigenvalue weighted by molar-refractivity contribution is 0.0391. The van der Waals surface area contributed by atoms with Crippen LogP contribution in [0.5, 0.6) is 0 Å². The molecule has 1 aliphatic heterocycles. The third kappa shape index (κ3) is 5.41. The number of amides is 1. The molecule has 164 valence electrons. The number of hydrogen-bond acceptors (Lipinski definition) is 6. The molecule has 0 unspecified atom stereocenters. The summed E-state index contributed by atoms with van der Waals surface area (Å²) in [7, 11) is 0. The zero-order valence-electron chi connectivity index (χ0n) is 17.8. The molecular weight excluding hydrogens is 450 g/mol. The highest BCUT2D eigenvalue weighted by atomic mass is 35.5. The molecule has 1 aromatic heterocycles. The van der Waals surface area contributed by atoms with Crippen molar-refractivity contribution in [2.45, 2.75) is 18.7 Å². The van der Waals surface area contributed by atoms with Gasteiger partial charge in [-0.3, -0.25) is 14.6 Å². The molecule has 2 heterocycles. The number of carbonyl (C=O) groups excluding carboxylic acids is 1. The second kappa shape index (κ2) is 10.3. The standard InChI is InChI=1S/C23H26ClN3O2S2/c1-3-30-19-6-4-5-17(14-19)22(28)27(8-7-26-9-11-29-12-10-26)23-25-21-16(2)13-18(24)15-20(21)31-23/h4-6,13-15H,3,7-12H2,1-2H3.